The Balaban J connectivity index is 2.14. The fourth-order valence-electron chi connectivity index (χ4n) is 4.00. The minimum Gasteiger partial charge on any atom is -0.377 e. The molecule has 1 saturated heterocycles. The lowest BCUT2D eigenvalue weighted by Crippen LogP contribution is -2.30. The predicted octanol–water partition coefficient (Wildman–Crippen LogP) is 4.13. The molecule has 1 amide bonds. The largest absolute Gasteiger partial charge is 0.416 e. The van der Waals surface area contributed by atoms with Crippen LogP contribution in [0.1, 0.15) is 55.2 Å². The molecule has 1 aliphatic heterocycles. The number of alkyl halides is 3. The number of amides is 1. The van der Waals surface area contributed by atoms with E-state index >= 15 is 0 Å². The highest BCUT2D eigenvalue weighted by atomic mass is 19.4. The summed E-state index contributed by atoms with van der Waals surface area (Å²) in [6.07, 6.45) is -2.65. The summed E-state index contributed by atoms with van der Waals surface area (Å²) in [5.41, 5.74) is 0.560. The van der Waals surface area contributed by atoms with Gasteiger partial charge in [-0.15, -0.1) is 0 Å². The van der Waals surface area contributed by atoms with E-state index < -0.39 is 17.6 Å². The lowest BCUT2D eigenvalue weighted by atomic mass is 9.92. The van der Waals surface area contributed by atoms with Crippen molar-refractivity contribution in [1.82, 2.24) is 9.36 Å². The number of nitrogens with zero attached hydrogens (tertiary/aromatic N) is 4. The summed E-state index contributed by atoms with van der Waals surface area (Å²) in [5, 5.41) is 0. The number of benzene rings is 1. The quantitative estimate of drug-likeness (QED) is 0.701. The molecule has 0 bridgehead atoms. The van der Waals surface area contributed by atoms with E-state index in [2.05, 4.69) is 25.8 Å². The normalized spacial score (nSPS) is 17.8. The van der Waals surface area contributed by atoms with E-state index in [9.17, 15) is 18.0 Å². The Morgan fingerprint density at radius 3 is 2.44 bits per heavy atom. The number of aromatic nitrogens is 2. The second kappa shape index (κ2) is 8.77. The van der Waals surface area contributed by atoms with Crippen LogP contribution in [-0.4, -0.2) is 42.1 Å². The standard InChI is InChI=1S/C23H31F3N4O2/c1-22(2,3)19-13-20(30(29(19)6)14-16-8-7-11-32-16)27-21(31)17-12-15(23(24,25)26)9-10-18(17)28(4)5/h9-10,12-13,16H,7-8,11,14H2,1-6H3/b27-20+/t16-/m1/s1. The van der Waals surface area contributed by atoms with Crippen molar-refractivity contribution in [2.75, 3.05) is 25.6 Å². The monoisotopic (exact) mass is 452 g/mol. The van der Waals surface area contributed by atoms with Gasteiger partial charge in [0, 0.05) is 50.6 Å². The average molecular weight is 453 g/mol. The van der Waals surface area contributed by atoms with Crippen LogP contribution < -0.4 is 10.4 Å². The van der Waals surface area contributed by atoms with Gasteiger partial charge in [-0.2, -0.15) is 18.2 Å². The molecule has 1 aromatic carbocycles. The Bertz CT molecular complexity index is 1050. The van der Waals surface area contributed by atoms with E-state index in [0.29, 0.717) is 24.3 Å². The van der Waals surface area contributed by atoms with Crippen LogP contribution in [0, 0.1) is 0 Å². The number of carbonyl (C=O) groups excluding carboxylic acids is 1. The van der Waals surface area contributed by atoms with Crippen LogP contribution >= 0.6 is 0 Å². The van der Waals surface area contributed by atoms with Crippen molar-refractivity contribution in [2.24, 2.45) is 12.0 Å². The van der Waals surface area contributed by atoms with Gasteiger partial charge in [0.05, 0.1) is 23.8 Å². The Hall–Kier alpha value is -2.55. The molecule has 0 saturated carbocycles. The smallest absolute Gasteiger partial charge is 0.377 e. The van der Waals surface area contributed by atoms with Gasteiger partial charge in [0.15, 0.2) is 5.49 Å². The molecule has 32 heavy (non-hydrogen) atoms. The van der Waals surface area contributed by atoms with Gasteiger partial charge in [0.25, 0.3) is 5.91 Å². The van der Waals surface area contributed by atoms with E-state index in [-0.39, 0.29) is 17.1 Å². The van der Waals surface area contributed by atoms with Crippen molar-refractivity contribution < 1.29 is 22.7 Å². The maximum absolute atomic E-state index is 13.3. The van der Waals surface area contributed by atoms with Crippen LogP contribution in [0.5, 0.6) is 0 Å². The van der Waals surface area contributed by atoms with Crippen LogP contribution in [0.4, 0.5) is 18.9 Å². The van der Waals surface area contributed by atoms with Crippen molar-refractivity contribution in [3.05, 3.63) is 46.6 Å². The fraction of sp³-hybridized carbons (Fsp3) is 0.565. The predicted molar refractivity (Wildman–Crippen MR) is 117 cm³/mol. The van der Waals surface area contributed by atoms with Gasteiger partial charge in [0.1, 0.15) is 0 Å². The molecule has 1 aliphatic rings. The Morgan fingerprint density at radius 2 is 1.91 bits per heavy atom. The molecule has 3 rings (SSSR count). The molecule has 0 spiro atoms. The third-order valence-corrected chi connectivity index (χ3v) is 5.66. The summed E-state index contributed by atoms with van der Waals surface area (Å²) in [5.74, 6) is -0.716. The first-order chi connectivity index (χ1) is 14.8. The van der Waals surface area contributed by atoms with E-state index in [1.165, 1.54) is 6.07 Å². The average Bonchev–Trinajstić information content (AvgIpc) is 3.30. The maximum atomic E-state index is 13.3. The third kappa shape index (κ3) is 5.09. The molecule has 0 aliphatic carbocycles. The highest BCUT2D eigenvalue weighted by Crippen LogP contribution is 2.33. The molecule has 1 atom stereocenters. The second-order valence-electron chi connectivity index (χ2n) is 9.42. The number of ether oxygens (including phenoxy) is 1. The molecule has 0 radical (unpaired) electrons. The second-order valence-corrected chi connectivity index (χ2v) is 9.42. The maximum Gasteiger partial charge on any atom is 0.416 e. The first kappa shape index (κ1) is 24.1. The molecular formula is C23H31F3N4O2. The van der Waals surface area contributed by atoms with Crippen LogP contribution in [-0.2, 0) is 29.9 Å². The lowest BCUT2D eigenvalue weighted by molar-refractivity contribution is -0.137. The highest BCUT2D eigenvalue weighted by molar-refractivity contribution is 6.00. The molecule has 1 fully saturated rings. The number of halogens is 3. The zero-order valence-electron chi connectivity index (χ0n) is 19.5. The molecule has 2 aromatic rings. The molecular weight excluding hydrogens is 421 g/mol. The van der Waals surface area contributed by atoms with Crippen molar-refractivity contribution in [1.29, 1.82) is 0 Å². The summed E-state index contributed by atoms with van der Waals surface area (Å²) in [7, 11) is 5.25. The zero-order chi connectivity index (χ0) is 23.8. The summed E-state index contributed by atoms with van der Waals surface area (Å²) in [6.45, 7) is 7.38. The first-order valence-electron chi connectivity index (χ1n) is 10.7. The molecule has 2 heterocycles. The third-order valence-electron chi connectivity index (χ3n) is 5.66. The molecule has 9 heteroatoms. The van der Waals surface area contributed by atoms with Crippen molar-refractivity contribution in [3.63, 3.8) is 0 Å². The van der Waals surface area contributed by atoms with Gasteiger partial charge in [0.2, 0.25) is 0 Å². The zero-order valence-corrected chi connectivity index (χ0v) is 19.5. The van der Waals surface area contributed by atoms with Gasteiger partial charge in [-0.05, 0) is 31.0 Å². The topological polar surface area (TPSA) is 51.8 Å². The minimum absolute atomic E-state index is 0.0105. The Morgan fingerprint density at radius 1 is 1.22 bits per heavy atom. The number of hydrogen-bond acceptors (Lipinski definition) is 3. The number of anilines is 1. The van der Waals surface area contributed by atoms with Gasteiger partial charge < -0.3 is 9.64 Å². The van der Waals surface area contributed by atoms with Crippen molar-refractivity contribution in [2.45, 2.75) is 57.9 Å². The number of rotatable bonds is 4. The van der Waals surface area contributed by atoms with Crippen LogP contribution in [0.2, 0.25) is 0 Å². The van der Waals surface area contributed by atoms with Gasteiger partial charge in [-0.3, -0.25) is 14.2 Å². The van der Waals surface area contributed by atoms with Crippen molar-refractivity contribution in [3.8, 4) is 0 Å². The summed E-state index contributed by atoms with van der Waals surface area (Å²) < 4.78 is 49.5. The molecule has 1 aromatic heterocycles. The first-order valence-corrected chi connectivity index (χ1v) is 10.7. The summed E-state index contributed by atoms with van der Waals surface area (Å²) in [4.78, 5) is 19.1. The highest BCUT2D eigenvalue weighted by Gasteiger charge is 2.32. The van der Waals surface area contributed by atoms with Gasteiger partial charge in [-0.25, -0.2) is 0 Å². The lowest BCUT2D eigenvalue weighted by Gasteiger charge is -2.21. The van der Waals surface area contributed by atoms with E-state index in [1.807, 2.05) is 22.5 Å². The van der Waals surface area contributed by atoms with Gasteiger partial charge >= 0.3 is 6.18 Å². The summed E-state index contributed by atoms with van der Waals surface area (Å²) >= 11 is 0. The van der Waals surface area contributed by atoms with Crippen LogP contribution in [0.15, 0.2) is 29.3 Å². The fourth-order valence-corrected chi connectivity index (χ4v) is 4.00. The summed E-state index contributed by atoms with van der Waals surface area (Å²) in [6, 6.07) is 4.98. The SMILES string of the molecule is CN(C)c1ccc(C(F)(F)F)cc1C(=O)/N=c1\cc(C(C)(C)C)n(C)n1C[C@H]1CCCO1. The van der Waals surface area contributed by atoms with Crippen LogP contribution in [0.3, 0.4) is 0 Å². The van der Waals surface area contributed by atoms with Gasteiger partial charge in [-0.1, -0.05) is 20.8 Å². The Kier molecular flexibility index (Phi) is 6.60. The minimum atomic E-state index is -4.55. The number of carbonyl (C=O) groups is 1. The molecule has 0 unspecified atom stereocenters. The van der Waals surface area contributed by atoms with E-state index in [0.717, 1.165) is 30.7 Å². The van der Waals surface area contributed by atoms with E-state index in [4.69, 9.17) is 4.74 Å². The van der Waals surface area contributed by atoms with Crippen LogP contribution in [0.25, 0.3) is 0 Å². The Labute approximate surface area is 186 Å². The molecule has 6 nitrogen and oxygen atoms in total. The number of hydrogen-bond donors (Lipinski definition) is 0. The van der Waals surface area contributed by atoms with Crippen molar-refractivity contribution >= 4 is 11.6 Å². The molecule has 0 N–H and O–H groups in total. The molecule has 176 valence electrons. The van der Waals surface area contributed by atoms with E-state index in [1.54, 1.807) is 19.0 Å².